The summed E-state index contributed by atoms with van der Waals surface area (Å²) in [4.78, 5) is 17.5. The Kier molecular flexibility index (Phi) is 1.98. The van der Waals surface area contributed by atoms with Crippen molar-refractivity contribution in [2.24, 2.45) is 0 Å². The Hall–Kier alpha value is -1.06. The average molecular weight is 215 g/mol. The topological polar surface area (TPSA) is 45.8 Å². The van der Waals surface area contributed by atoms with Gasteiger partial charge in [-0.05, 0) is 23.7 Å². The summed E-state index contributed by atoms with van der Waals surface area (Å²) in [5, 5.41) is 0.691. The molecule has 0 spiro atoms. The van der Waals surface area contributed by atoms with Crippen LogP contribution in [0.3, 0.4) is 0 Å². The Morgan fingerprint density at radius 1 is 1.46 bits per heavy atom. The van der Waals surface area contributed by atoms with Crippen molar-refractivity contribution >= 4 is 39.3 Å². The summed E-state index contributed by atoms with van der Waals surface area (Å²) in [6.45, 7) is 0. The van der Waals surface area contributed by atoms with E-state index in [9.17, 15) is 4.79 Å². The predicted molar refractivity (Wildman–Crippen MR) is 51.3 cm³/mol. The molecule has 0 radical (unpaired) electrons. The highest BCUT2D eigenvalue weighted by Gasteiger charge is 2.06. The molecule has 13 heavy (non-hydrogen) atoms. The first-order valence-corrected chi connectivity index (χ1v) is 4.26. The van der Waals surface area contributed by atoms with Gasteiger partial charge in [-0.3, -0.25) is 4.79 Å². The molecule has 0 unspecified atom stereocenters. The summed E-state index contributed by atoms with van der Waals surface area (Å²) in [6, 6.07) is 3.30. The van der Waals surface area contributed by atoms with Crippen LogP contribution in [0, 0.1) is 0 Å². The van der Waals surface area contributed by atoms with E-state index in [2.05, 4.69) is 9.97 Å². The van der Waals surface area contributed by atoms with Gasteiger partial charge in [-0.1, -0.05) is 11.6 Å². The van der Waals surface area contributed by atoms with Gasteiger partial charge in [0, 0.05) is 5.39 Å². The van der Waals surface area contributed by atoms with Gasteiger partial charge in [0.15, 0.2) is 0 Å². The van der Waals surface area contributed by atoms with Gasteiger partial charge in [0.1, 0.15) is 5.15 Å². The molecule has 5 heteroatoms. The standard InChI is InChI=1S/C8H4Cl2N2O/c9-7-2-4-1-5(8(10)13)12-6(4)3-11-7/h1-3,12H. The van der Waals surface area contributed by atoms with Crippen molar-refractivity contribution in [1.29, 1.82) is 0 Å². The number of nitrogens with zero attached hydrogens (tertiary/aromatic N) is 1. The van der Waals surface area contributed by atoms with Gasteiger partial charge < -0.3 is 4.98 Å². The molecule has 0 aliphatic rings. The lowest BCUT2D eigenvalue weighted by molar-refractivity contribution is 0.107. The fraction of sp³-hybridized carbons (Fsp3) is 0. The van der Waals surface area contributed by atoms with Crippen LogP contribution >= 0.6 is 23.2 Å². The van der Waals surface area contributed by atoms with Gasteiger partial charge >= 0.3 is 0 Å². The van der Waals surface area contributed by atoms with E-state index in [4.69, 9.17) is 23.2 Å². The van der Waals surface area contributed by atoms with Crippen molar-refractivity contribution in [3.63, 3.8) is 0 Å². The fourth-order valence-electron chi connectivity index (χ4n) is 1.11. The Morgan fingerprint density at radius 2 is 2.23 bits per heavy atom. The van der Waals surface area contributed by atoms with E-state index in [1.807, 2.05) is 0 Å². The van der Waals surface area contributed by atoms with Gasteiger partial charge in [0.05, 0.1) is 17.4 Å². The summed E-state index contributed by atoms with van der Waals surface area (Å²) in [6.07, 6.45) is 1.56. The van der Waals surface area contributed by atoms with Crippen LogP contribution in [0.2, 0.25) is 5.15 Å². The van der Waals surface area contributed by atoms with E-state index in [1.165, 1.54) is 0 Å². The van der Waals surface area contributed by atoms with Crippen LogP contribution in [-0.2, 0) is 0 Å². The first-order chi connectivity index (χ1) is 6.16. The van der Waals surface area contributed by atoms with Gasteiger partial charge in [-0.25, -0.2) is 4.98 Å². The molecule has 0 saturated carbocycles. The summed E-state index contributed by atoms with van der Waals surface area (Å²) in [7, 11) is 0. The number of carbonyl (C=O) groups is 1. The van der Waals surface area contributed by atoms with Crippen molar-refractivity contribution < 1.29 is 4.79 Å². The second kappa shape index (κ2) is 3.01. The third kappa shape index (κ3) is 1.53. The maximum absolute atomic E-state index is 10.8. The van der Waals surface area contributed by atoms with Crippen molar-refractivity contribution in [3.05, 3.63) is 29.2 Å². The molecule has 1 N–H and O–H groups in total. The lowest BCUT2D eigenvalue weighted by Crippen LogP contribution is -1.86. The highest BCUT2D eigenvalue weighted by atomic mass is 35.5. The van der Waals surface area contributed by atoms with E-state index >= 15 is 0 Å². The summed E-state index contributed by atoms with van der Waals surface area (Å²) < 4.78 is 0. The van der Waals surface area contributed by atoms with Crippen LogP contribution in [0.15, 0.2) is 18.3 Å². The smallest absolute Gasteiger partial charge is 0.268 e. The molecule has 3 nitrogen and oxygen atoms in total. The molecule has 66 valence electrons. The molecule has 2 aromatic heterocycles. The molecule has 0 aliphatic carbocycles. The van der Waals surface area contributed by atoms with E-state index < -0.39 is 5.24 Å². The zero-order chi connectivity index (χ0) is 9.42. The van der Waals surface area contributed by atoms with Gasteiger partial charge in [-0.15, -0.1) is 0 Å². The Labute approximate surface area is 83.7 Å². The molecule has 0 saturated heterocycles. The summed E-state index contributed by atoms with van der Waals surface area (Å²) in [5.74, 6) is 0. The molecular formula is C8H4Cl2N2O. The van der Waals surface area contributed by atoms with Crippen LogP contribution in [0.5, 0.6) is 0 Å². The SMILES string of the molecule is O=C(Cl)c1cc2cc(Cl)ncc2[nH]1. The maximum atomic E-state index is 10.8. The van der Waals surface area contributed by atoms with Crippen molar-refractivity contribution in [3.8, 4) is 0 Å². The number of pyridine rings is 1. The van der Waals surface area contributed by atoms with Crippen LogP contribution in [0.25, 0.3) is 10.9 Å². The van der Waals surface area contributed by atoms with Crippen LogP contribution < -0.4 is 0 Å². The predicted octanol–water partition coefficient (Wildman–Crippen LogP) is 2.60. The number of nitrogens with one attached hydrogen (secondary N) is 1. The molecule has 0 aliphatic heterocycles. The van der Waals surface area contributed by atoms with Crippen molar-refractivity contribution in [2.45, 2.75) is 0 Å². The van der Waals surface area contributed by atoms with E-state index in [1.54, 1.807) is 18.3 Å². The molecule has 2 rings (SSSR count). The lowest BCUT2D eigenvalue weighted by atomic mass is 10.3. The van der Waals surface area contributed by atoms with Crippen LogP contribution in [0.4, 0.5) is 0 Å². The Bertz CT molecular complexity index is 478. The van der Waals surface area contributed by atoms with Gasteiger partial charge in [0.25, 0.3) is 5.24 Å². The number of hydrogen-bond acceptors (Lipinski definition) is 2. The largest absolute Gasteiger partial charge is 0.350 e. The quantitative estimate of drug-likeness (QED) is 0.586. The highest BCUT2D eigenvalue weighted by molar-refractivity contribution is 6.67. The van der Waals surface area contributed by atoms with E-state index in [-0.39, 0.29) is 0 Å². The zero-order valence-corrected chi connectivity index (χ0v) is 7.86. The minimum Gasteiger partial charge on any atom is -0.350 e. The van der Waals surface area contributed by atoms with E-state index in [0.717, 1.165) is 10.9 Å². The second-order valence-electron chi connectivity index (χ2n) is 2.55. The monoisotopic (exact) mass is 214 g/mol. The number of carbonyl (C=O) groups excluding carboxylic acids is 1. The van der Waals surface area contributed by atoms with Crippen LogP contribution in [-0.4, -0.2) is 15.2 Å². The van der Waals surface area contributed by atoms with E-state index in [0.29, 0.717) is 10.8 Å². The third-order valence-electron chi connectivity index (χ3n) is 1.68. The summed E-state index contributed by atoms with van der Waals surface area (Å²) in [5.41, 5.74) is 1.09. The molecule has 0 fully saturated rings. The number of rotatable bonds is 1. The van der Waals surface area contributed by atoms with Crippen LogP contribution in [0.1, 0.15) is 10.5 Å². The first kappa shape index (κ1) is 8.53. The minimum absolute atomic E-state index is 0.348. The molecule has 0 atom stereocenters. The molecule has 2 heterocycles. The number of H-pyrrole nitrogens is 1. The maximum Gasteiger partial charge on any atom is 0.268 e. The lowest BCUT2D eigenvalue weighted by Gasteiger charge is -1.88. The third-order valence-corrected chi connectivity index (χ3v) is 2.09. The number of aromatic nitrogens is 2. The number of aromatic amines is 1. The van der Waals surface area contributed by atoms with Gasteiger partial charge in [0.2, 0.25) is 0 Å². The first-order valence-electron chi connectivity index (χ1n) is 3.51. The number of halogens is 2. The number of hydrogen-bond donors (Lipinski definition) is 1. The summed E-state index contributed by atoms with van der Waals surface area (Å²) >= 11 is 11.0. The van der Waals surface area contributed by atoms with Crippen molar-refractivity contribution in [1.82, 2.24) is 9.97 Å². The molecule has 0 aromatic carbocycles. The second-order valence-corrected chi connectivity index (χ2v) is 3.28. The Balaban J connectivity index is 2.68. The molecule has 0 bridgehead atoms. The number of fused-ring (bicyclic) bond motifs is 1. The fourth-order valence-corrected chi connectivity index (χ4v) is 1.38. The zero-order valence-electron chi connectivity index (χ0n) is 6.34. The highest BCUT2D eigenvalue weighted by Crippen LogP contribution is 2.18. The molecule has 2 aromatic rings. The normalized spacial score (nSPS) is 10.6. The minimum atomic E-state index is -0.521. The average Bonchev–Trinajstić information content (AvgIpc) is 2.46. The van der Waals surface area contributed by atoms with Crippen molar-refractivity contribution in [2.75, 3.05) is 0 Å². The Morgan fingerprint density at radius 3 is 2.92 bits per heavy atom. The molecular weight excluding hydrogens is 211 g/mol. The molecule has 0 amide bonds. The van der Waals surface area contributed by atoms with Gasteiger partial charge in [-0.2, -0.15) is 0 Å².